The van der Waals surface area contributed by atoms with Crippen molar-refractivity contribution in [3.8, 4) is 0 Å². The van der Waals surface area contributed by atoms with Gasteiger partial charge in [-0.05, 0) is 50.4 Å². The van der Waals surface area contributed by atoms with Crippen LogP contribution in [0.2, 0.25) is 5.02 Å². The lowest BCUT2D eigenvalue weighted by Crippen LogP contribution is -2.35. The summed E-state index contributed by atoms with van der Waals surface area (Å²) in [6.45, 7) is 8.97. The predicted octanol–water partition coefficient (Wildman–Crippen LogP) is 5.39. The fraction of sp³-hybridized carbons (Fsp3) is 0.647. The Hall–Kier alpha value is -0.0900. The highest BCUT2D eigenvalue weighted by Crippen LogP contribution is 2.27. The molecule has 4 heteroatoms. The van der Waals surface area contributed by atoms with Crippen molar-refractivity contribution < 1.29 is 0 Å². The molecule has 0 saturated heterocycles. The Kier molecular flexibility index (Phi) is 8.88. The van der Waals surface area contributed by atoms with E-state index in [9.17, 15) is 0 Å². The number of hydrogen-bond donors (Lipinski definition) is 1. The molecule has 0 aromatic heterocycles. The minimum absolute atomic E-state index is 0.00113. The molecule has 0 aliphatic heterocycles. The Morgan fingerprint density at radius 1 is 1.29 bits per heavy atom. The number of nitrogens with zero attached hydrogens (tertiary/aromatic N) is 1. The van der Waals surface area contributed by atoms with Crippen LogP contribution in [0, 0.1) is 0 Å². The number of unbranched alkanes of at least 4 members (excludes halogenated alkanes) is 1. The molecule has 1 rings (SSSR count). The Bertz CT molecular complexity index is 425. The summed E-state index contributed by atoms with van der Waals surface area (Å²) < 4.78 is 0.993. The maximum Gasteiger partial charge on any atom is 0.0464 e. The summed E-state index contributed by atoms with van der Waals surface area (Å²) in [4.78, 5) is 2.55. The topological polar surface area (TPSA) is 29.3 Å². The SMILES string of the molecule is CCCCN(CCC(N)c1ccc(Br)cc1Cl)C(C)CC. The van der Waals surface area contributed by atoms with E-state index < -0.39 is 0 Å². The molecule has 0 aliphatic rings. The molecule has 0 fully saturated rings. The summed E-state index contributed by atoms with van der Waals surface area (Å²) in [6, 6.07) is 6.56. The van der Waals surface area contributed by atoms with Crippen LogP contribution in [0.3, 0.4) is 0 Å². The molecule has 0 aliphatic carbocycles. The van der Waals surface area contributed by atoms with E-state index >= 15 is 0 Å². The molecule has 2 nitrogen and oxygen atoms in total. The predicted molar refractivity (Wildman–Crippen MR) is 96.9 cm³/mol. The molecule has 21 heavy (non-hydrogen) atoms. The van der Waals surface area contributed by atoms with Crippen LogP contribution in [0.1, 0.15) is 58.1 Å². The van der Waals surface area contributed by atoms with Gasteiger partial charge in [-0.3, -0.25) is 0 Å². The summed E-state index contributed by atoms with van der Waals surface area (Å²) in [5.74, 6) is 0. The minimum Gasteiger partial charge on any atom is -0.324 e. The van der Waals surface area contributed by atoms with E-state index in [1.54, 1.807) is 0 Å². The maximum atomic E-state index is 6.34. The number of rotatable bonds is 9. The van der Waals surface area contributed by atoms with Gasteiger partial charge in [-0.2, -0.15) is 0 Å². The fourth-order valence-electron chi connectivity index (χ4n) is 2.43. The van der Waals surface area contributed by atoms with E-state index in [1.165, 1.54) is 19.3 Å². The number of hydrogen-bond acceptors (Lipinski definition) is 2. The van der Waals surface area contributed by atoms with Crippen LogP contribution >= 0.6 is 27.5 Å². The Labute approximate surface area is 143 Å². The van der Waals surface area contributed by atoms with E-state index in [1.807, 2.05) is 18.2 Å². The van der Waals surface area contributed by atoms with E-state index in [4.69, 9.17) is 17.3 Å². The van der Waals surface area contributed by atoms with Crippen molar-refractivity contribution in [3.05, 3.63) is 33.3 Å². The molecule has 2 N–H and O–H groups in total. The van der Waals surface area contributed by atoms with Crippen molar-refractivity contribution in [1.82, 2.24) is 4.90 Å². The molecule has 2 atom stereocenters. The molecule has 0 spiro atoms. The molecule has 1 aromatic rings. The first-order valence-electron chi connectivity index (χ1n) is 7.94. The van der Waals surface area contributed by atoms with E-state index in [0.717, 1.165) is 34.6 Å². The fourth-order valence-corrected chi connectivity index (χ4v) is 3.25. The van der Waals surface area contributed by atoms with Gasteiger partial charge in [0.15, 0.2) is 0 Å². The van der Waals surface area contributed by atoms with E-state index in [-0.39, 0.29) is 6.04 Å². The Morgan fingerprint density at radius 3 is 2.57 bits per heavy atom. The van der Waals surface area contributed by atoms with Crippen molar-refractivity contribution in [2.75, 3.05) is 13.1 Å². The zero-order valence-electron chi connectivity index (χ0n) is 13.4. The van der Waals surface area contributed by atoms with Crippen LogP contribution in [-0.4, -0.2) is 24.0 Å². The van der Waals surface area contributed by atoms with Crippen LogP contribution in [-0.2, 0) is 0 Å². The summed E-state index contributed by atoms with van der Waals surface area (Å²) in [7, 11) is 0. The Balaban J connectivity index is 2.61. The number of benzene rings is 1. The van der Waals surface area contributed by atoms with Gasteiger partial charge in [0.05, 0.1) is 0 Å². The third-order valence-corrected chi connectivity index (χ3v) is 4.92. The van der Waals surface area contributed by atoms with Gasteiger partial charge in [-0.1, -0.05) is 53.9 Å². The highest BCUT2D eigenvalue weighted by atomic mass is 79.9. The lowest BCUT2D eigenvalue weighted by atomic mass is 10.0. The second-order valence-electron chi connectivity index (χ2n) is 5.71. The summed E-state index contributed by atoms with van der Waals surface area (Å²) in [5, 5.41) is 0.750. The van der Waals surface area contributed by atoms with Crippen molar-refractivity contribution in [2.45, 2.75) is 58.5 Å². The number of nitrogens with two attached hydrogens (primary N) is 1. The van der Waals surface area contributed by atoms with Crippen molar-refractivity contribution >= 4 is 27.5 Å². The first-order chi connectivity index (χ1) is 9.99. The average molecular weight is 376 g/mol. The first kappa shape index (κ1) is 19.0. The smallest absolute Gasteiger partial charge is 0.0464 e. The van der Waals surface area contributed by atoms with Crippen molar-refractivity contribution in [1.29, 1.82) is 0 Å². The molecule has 0 heterocycles. The number of halogens is 2. The molecule has 0 bridgehead atoms. The van der Waals surface area contributed by atoms with Gasteiger partial charge in [-0.25, -0.2) is 0 Å². The zero-order chi connectivity index (χ0) is 15.8. The molecular formula is C17H28BrClN2. The largest absolute Gasteiger partial charge is 0.324 e. The van der Waals surface area contributed by atoms with Gasteiger partial charge in [0.25, 0.3) is 0 Å². The molecule has 2 unspecified atom stereocenters. The zero-order valence-corrected chi connectivity index (χ0v) is 15.8. The van der Waals surface area contributed by atoms with Gasteiger partial charge in [0.1, 0.15) is 0 Å². The summed E-state index contributed by atoms with van der Waals surface area (Å²) in [5.41, 5.74) is 7.38. The van der Waals surface area contributed by atoms with Gasteiger partial charge in [0.2, 0.25) is 0 Å². The first-order valence-corrected chi connectivity index (χ1v) is 9.11. The van der Waals surface area contributed by atoms with E-state index in [0.29, 0.717) is 6.04 Å². The molecule has 1 aromatic carbocycles. The monoisotopic (exact) mass is 374 g/mol. The second kappa shape index (κ2) is 9.83. The van der Waals surface area contributed by atoms with Crippen LogP contribution in [0.5, 0.6) is 0 Å². The van der Waals surface area contributed by atoms with Crippen LogP contribution in [0.15, 0.2) is 22.7 Å². The van der Waals surface area contributed by atoms with Gasteiger partial charge >= 0.3 is 0 Å². The highest BCUT2D eigenvalue weighted by Gasteiger charge is 2.15. The second-order valence-corrected chi connectivity index (χ2v) is 7.03. The van der Waals surface area contributed by atoms with Gasteiger partial charge in [-0.15, -0.1) is 0 Å². The van der Waals surface area contributed by atoms with Crippen LogP contribution in [0.25, 0.3) is 0 Å². The standard InChI is InChI=1S/C17H28BrClN2/c1-4-6-10-21(13(3)5-2)11-9-17(20)15-8-7-14(18)12-16(15)19/h7-8,12-13,17H,4-6,9-11,20H2,1-3H3. The summed E-state index contributed by atoms with van der Waals surface area (Å²) >= 11 is 9.72. The molecule has 0 amide bonds. The van der Waals surface area contributed by atoms with E-state index in [2.05, 4.69) is 41.6 Å². The third kappa shape index (κ3) is 6.27. The minimum atomic E-state index is -0.00113. The molecular weight excluding hydrogens is 348 g/mol. The molecule has 0 radical (unpaired) electrons. The van der Waals surface area contributed by atoms with Crippen molar-refractivity contribution in [2.24, 2.45) is 5.73 Å². The van der Waals surface area contributed by atoms with Crippen molar-refractivity contribution in [3.63, 3.8) is 0 Å². The van der Waals surface area contributed by atoms with Gasteiger partial charge < -0.3 is 10.6 Å². The van der Waals surface area contributed by atoms with Crippen LogP contribution < -0.4 is 5.73 Å². The van der Waals surface area contributed by atoms with Gasteiger partial charge in [0, 0.05) is 28.1 Å². The Morgan fingerprint density at radius 2 is 2.00 bits per heavy atom. The third-order valence-electron chi connectivity index (χ3n) is 4.10. The highest BCUT2D eigenvalue weighted by molar-refractivity contribution is 9.10. The normalized spacial score (nSPS) is 14.4. The lowest BCUT2D eigenvalue weighted by Gasteiger charge is -2.29. The van der Waals surface area contributed by atoms with Crippen LogP contribution in [0.4, 0.5) is 0 Å². The maximum absolute atomic E-state index is 6.34. The average Bonchev–Trinajstić information content (AvgIpc) is 2.46. The molecule has 120 valence electrons. The lowest BCUT2D eigenvalue weighted by molar-refractivity contribution is 0.194. The molecule has 0 saturated carbocycles. The summed E-state index contributed by atoms with van der Waals surface area (Å²) in [6.07, 6.45) is 4.60. The quantitative estimate of drug-likeness (QED) is 0.626.